The average Bonchev–Trinajstić information content (AvgIpc) is 2.80. The first-order valence-electron chi connectivity index (χ1n) is 8.24. The number of carbonyl (C=O) groups is 2. The number of ether oxygens (including phenoxy) is 1. The van der Waals surface area contributed by atoms with Crippen molar-refractivity contribution in [1.82, 2.24) is 9.78 Å². The highest BCUT2D eigenvalue weighted by molar-refractivity contribution is 5.93. The Morgan fingerprint density at radius 1 is 1.16 bits per heavy atom. The van der Waals surface area contributed by atoms with Gasteiger partial charge < -0.3 is 10.1 Å². The minimum absolute atomic E-state index is 0.169. The van der Waals surface area contributed by atoms with Crippen molar-refractivity contribution in [2.75, 3.05) is 11.9 Å². The fraction of sp³-hybridized carbons (Fsp3) is 0.421. The quantitative estimate of drug-likeness (QED) is 0.845. The number of nitrogens with zero attached hydrogens (tertiary/aromatic N) is 2. The van der Waals surface area contributed by atoms with E-state index in [0.717, 1.165) is 11.4 Å². The van der Waals surface area contributed by atoms with Crippen LogP contribution in [0.1, 0.15) is 38.6 Å². The van der Waals surface area contributed by atoms with E-state index in [-0.39, 0.29) is 30.3 Å². The molecule has 0 spiro atoms. The van der Waals surface area contributed by atoms with Gasteiger partial charge in [0.15, 0.2) is 6.61 Å². The fourth-order valence-electron chi connectivity index (χ4n) is 2.45. The molecule has 25 heavy (non-hydrogen) atoms. The topological polar surface area (TPSA) is 73.2 Å². The number of hydrogen-bond donors (Lipinski definition) is 1. The van der Waals surface area contributed by atoms with E-state index in [0.29, 0.717) is 11.4 Å². The van der Waals surface area contributed by atoms with Crippen LogP contribution in [0.2, 0.25) is 0 Å². The molecular weight excluding hydrogens is 318 g/mol. The second-order valence-corrected chi connectivity index (χ2v) is 7.24. The first-order chi connectivity index (χ1) is 11.7. The number of amides is 1. The van der Waals surface area contributed by atoms with Crippen molar-refractivity contribution >= 4 is 17.6 Å². The second kappa shape index (κ2) is 7.51. The van der Waals surface area contributed by atoms with Crippen molar-refractivity contribution in [3.63, 3.8) is 0 Å². The van der Waals surface area contributed by atoms with Crippen LogP contribution in [0.25, 0.3) is 5.69 Å². The van der Waals surface area contributed by atoms with E-state index < -0.39 is 0 Å². The van der Waals surface area contributed by atoms with Gasteiger partial charge in [-0.05, 0) is 31.4 Å². The van der Waals surface area contributed by atoms with E-state index in [4.69, 9.17) is 4.74 Å². The number of benzene rings is 1. The summed E-state index contributed by atoms with van der Waals surface area (Å²) in [6.45, 7) is 9.24. The normalized spacial score (nSPS) is 11.2. The van der Waals surface area contributed by atoms with Gasteiger partial charge in [-0.3, -0.25) is 9.59 Å². The van der Waals surface area contributed by atoms with Gasteiger partial charge in [0, 0.05) is 0 Å². The monoisotopic (exact) mass is 343 g/mol. The molecule has 0 fully saturated rings. The lowest BCUT2D eigenvalue weighted by molar-refractivity contribution is -0.149. The molecule has 1 N–H and O–H groups in total. The molecule has 0 atom stereocenters. The Labute approximate surface area is 148 Å². The standard InChI is InChI=1S/C19H25N3O3/c1-13-18(14(2)22(21-13)15-9-7-6-8-10-15)20-16(23)12-25-17(24)11-19(3,4)5/h6-10H,11-12H2,1-5H3,(H,20,23). The number of nitrogens with one attached hydrogen (secondary N) is 1. The highest BCUT2D eigenvalue weighted by atomic mass is 16.5. The SMILES string of the molecule is Cc1nn(-c2ccccc2)c(C)c1NC(=O)COC(=O)CC(C)(C)C. The molecule has 1 amide bonds. The summed E-state index contributed by atoms with van der Waals surface area (Å²) in [6, 6.07) is 9.68. The molecule has 6 heteroatoms. The average molecular weight is 343 g/mol. The zero-order chi connectivity index (χ0) is 18.6. The Morgan fingerprint density at radius 3 is 2.40 bits per heavy atom. The van der Waals surface area contributed by atoms with Gasteiger partial charge in [0.25, 0.3) is 5.91 Å². The van der Waals surface area contributed by atoms with Gasteiger partial charge in [-0.25, -0.2) is 4.68 Å². The van der Waals surface area contributed by atoms with Crippen LogP contribution in [0, 0.1) is 19.3 Å². The van der Waals surface area contributed by atoms with E-state index in [1.54, 1.807) is 4.68 Å². The number of aromatic nitrogens is 2. The molecule has 0 aliphatic heterocycles. The highest BCUT2D eigenvalue weighted by Crippen LogP contribution is 2.23. The maximum atomic E-state index is 12.1. The third-order valence-corrected chi connectivity index (χ3v) is 3.60. The van der Waals surface area contributed by atoms with Crippen LogP contribution in [0.4, 0.5) is 5.69 Å². The number of para-hydroxylation sites is 1. The van der Waals surface area contributed by atoms with Gasteiger partial charge in [0.2, 0.25) is 0 Å². The Kier molecular flexibility index (Phi) is 5.62. The Balaban J connectivity index is 2.02. The smallest absolute Gasteiger partial charge is 0.306 e. The minimum Gasteiger partial charge on any atom is -0.456 e. The first kappa shape index (κ1) is 18.7. The lowest BCUT2D eigenvalue weighted by Gasteiger charge is -2.16. The van der Waals surface area contributed by atoms with Gasteiger partial charge in [-0.2, -0.15) is 5.10 Å². The Bertz CT molecular complexity index is 758. The molecule has 0 aliphatic carbocycles. The molecule has 2 aromatic rings. The summed E-state index contributed by atoms with van der Waals surface area (Å²) in [5, 5.41) is 7.26. The number of esters is 1. The van der Waals surface area contributed by atoms with E-state index in [2.05, 4.69) is 10.4 Å². The summed E-state index contributed by atoms with van der Waals surface area (Å²) in [5.74, 6) is -0.753. The predicted octanol–water partition coefficient (Wildman–Crippen LogP) is 3.41. The van der Waals surface area contributed by atoms with Crippen molar-refractivity contribution in [3.8, 4) is 5.69 Å². The first-order valence-corrected chi connectivity index (χ1v) is 8.24. The van der Waals surface area contributed by atoms with Crippen LogP contribution in [0.15, 0.2) is 30.3 Å². The zero-order valence-electron chi connectivity index (χ0n) is 15.4. The van der Waals surface area contributed by atoms with E-state index in [1.165, 1.54) is 0 Å². The van der Waals surface area contributed by atoms with E-state index in [9.17, 15) is 9.59 Å². The molecule has 1 aromatic heterocycles. The van der Waals surface area contributed by atoms with Crippen LogP contribution < -0.4 is 5.32 Å². The number of rotatable bonds is 5. The maximum Gasteiger partial charge on any atom is 0.306 e. The Hall–Kier alpha value is -2.63. The molecule has 0 saturated heterocycles. The van der Waals surface area contributed by atoms with Gasteiger partial charge >= 0.3 is 5.97 Å². The lowest BCUT2D eigenvalue weighted by Crippen LogP contribution is -2.23. The largest absolute Gasteiger partial charge is 0.456 e. The summed E-state index contributed by atoms with van der Waals surface area (Å²) >= 11 is 0. The van der Waals surface area contributed by atoms with Gasteiger partial charge in [0.05, 0.1) is 29.2 Å². The van der Waals surface area contributed by atoms with Crippen LogP contribution in [0.3, 0.4) is 0 Å². The highest BCUT2D eigenvalue weighted by Gasteiger charge is 2.19. The van der Waals surface area contributed by atoms with E-state index >= 15 is 0 Å². The van der Waals surface area contributed by atoms with Crippen LogP contribution >= 0.6 is 0 Å². The number of hydrogen-bond acceptors (Lipinski definition) is 4. The number of aryl methyl sites for hydroxylation is 1. The van der Waals surface area contributed by atoms with Crippen LogP contribution in [0.5, 0.6) is 0 Å². The number of carbonyl (C=O) groups excluding carboxylic acids is 2. The van der Waals surface area contributed by atoms with Crippen LogP contribution in [-0.2, 0) is 14.3 Å². The molecule has 2 rings (SSSR count). The van der Waals surface area contributed by atoms with E-state index in [1.807, 2.05) is 65.0 Å². The minimum atomic E-state index is -0.379. The predicted molar refractivity (Wildman–Crippen MR) is 96.7 cm³/mol. The third kappa shape index (κ3) is 5.17. The van der Waals surface area contributed by atoms with Crippen molar-refractivity contribution in [2.45, 2.75) is 41.0 Å². The van der Waals surface area contributed by atoms with Gasteiger partial charge in [-0.15, -0.1) is 0 Å². The summed E-state index contributed by atoms with van der Waals surface area (Å²) in [7, 11) is 0. The molecule has 0 aliphatic rings. The molecule has 134 valence electrons. The van der Waals surface area contributed by atoms with Gasteiger partial charge in [0.1, 0.15) is 0 Å². The summed E-state index contributed by atoms with van der Waals surface area (Å²) in [4.78, 5) is 23.8. The maximum absolute atomic E-state index is 12.1. The lowest BCUT2D eigenvalue weighted by atomic mass is 9.92. The molecule has 0 radical (unpaired) electrons. The summed E-state index contributed by atoms with van der Waals surface area (Å²) in [6.07, 6.45) is 0.268. The molecule has 6 nitrogen and oxygen atoms in total. The van der Waals surface area contributed by atoms with Crippen molar-refractivity contribution < 1.29 is 14.3 Å². The Morgan fingerprint density at radius 2 is 1.80 bits per heavy atom. The van der Waals surface area contributed by atoms with Gasteiger partial charge in [-0.1, -0.05) is 39.0 Å². The van der Waals surface area contributed by atoms with Crippen molar-refractivity contribution in [2.24, 2.45) is 5.41 Å². The zero-order valence-corrected chi connectivity index (χ0v) is 15.4. The number of anilines is 1. The third-order valence-electron chi connectivity index (χ3n) is 3.60. The molecule has 1 heterocycles. The molecule has 0 saturated carbocycles. The molecular formula is C19H25N3O3. The molecule has 1 aromatic carbocycles. The molecule has 0 bridgehead atoms. The van der Waals surface area contributed by atoms with Crippen LogP contribution in [-0.4, -0.2) is 28.3 Å². The second-order valence-electron chi connectivity index (χ2n) is 7.24. The summed E-state index contributed by atoms with van der Waals surface area (Å²) in [5.41, 5.74) is 2.91. The molecule has 0 unspecified atom stereocenters. The fourth-order valence-corrected chi connectivity index (χ4v) is 2.45. The summed E-state index contributed by atoms with van der Waals surface area (Å²) < 4.78 is 6.82. The van der Waals surface area contributed by atoms with Crippen molar-refractivity contribution in [3.05, 3.63) is 41.7 Å². The van der Waals surface area contributed by atoms with Crippen molar-refractivity contribution in [1.29, 1.82) is 0 Å².